The molecule has 6 nitrogen and oxygen atoms in total. The number of benzene rings is 1. The summed E-state index contributed by atoms with van der Waals surface area (Å²) in [4.78, 5) is 4.67. The van der Waals surface area contributed by atoms with Gasteiger partial charge in [0.05, 0.1) is 25.9 Å². The van der Waals surface area contributed by atoms with E-state index >= 15 is 0 Å². The molecule has 0 aromatic heterocycles. The lowest BCUT2D eigenvalue weighted by molar-refractivity contribution is -0.00445. The lowest BCUT2D eigenvalue weighted by Crippen LogP contribution is -2.44. The summed E-state index contributed by atoms with van der Waals surface area (Å²) >= 11 is 0. The summed E-state index contributed by atoms with van der Waals surface area (Å²) in [6, 6.07) is 8.24. The molecule has 0 spiro atoms. The van der Waals surface area contributed by atoms with Gasteiger partial charge in [0.2, 0.25) is 0 Å². The molecule has 2 N–H and O–H groups in total. The molecule has 26 heavy (non-hydrogen) atoms. The van der Waals surface area contributed by atoms with Crippen molar-refractivity contribution in [1.29, 1.82) is 0 Å². The monoisotopic (exact) mass is 364 g/mol. The Kier molecular flexibility index (Phi) is 7.70. The van der Waals surface area contributed by atoms with E-state index in [1.807, 2.05) is 12.1 Å². The van der Waals surface area contributed by atoms with E-state index in [9.17, 15) is 10.2 Å². The molecule has 3 rings (SSSR count). The van der Waals surface area contributed by atoms with E-state index in [4.69, 9.17) is 9.47 Å². The van der Waals surface area contributed by atoms with Crippen LogP contribution in [0.25, 0.3) is 0 Å². The number of aliphatic hydroxyl groups is 2. The summed E-state index contributed by atoms with van der Waals surface area (Å²) in [5.41, 5.74) is 1.20. The Morgan fingerprint density at radius 3 is 2.77 bits per heavy atom. The van der Waals surface area contributed by atoms with Crippen LogP contribution in [0, 0.1) is 5.92 Å². The quantitative estimate of drug-likeness (QED) is 0.670. The van der Waals surface area contributed by atoms with Crippen molar-refractivity contribution in [2.24, 2.45) is 5.92 Å². The van der Waals surface area contributed by atoms with Gasteiger partial charge < -0.3 is 19.7 Å². The van der Waals surface area contributed by atoms with E-state index in [2.05, 4.69) is 21.9 Å². The maximum Gasteiger partial charge on any atom is 0.119 e. The number of β-amino-alcohol motifs (C(OH)–C–C–N with tert-alkyl or cyclic N) is 1. The average Bonchev–Trinajstić information content (AvgIpc) is 2.67. The summed E-state index contributed by atoms with van der Waals surface area (Å²) in [7, 11) is 0. The van der Waals surface area contributed by atoms with E-state index in [1.54, 1.807) is 0 Å². The van der Waals surface area contributed by atoms with Gasteiger partial charge in [-0.25, -0.2) is 0 Å². The normalized spacial score (nSPS) is 25.3. The van der Waals surface area contributed by atoms with Crippen molar-refractivity contribution in [3.05, 3.63) is 29.8 Å². The molecular weight excluding hydrogens is 332 g/mol. The van der Waals surface area contributed by atoms with Crippen LogP contribution in [0.5, 0.6) is 5.75 Å². The molecule has 2 saturated heterocycles. The predicted molar refractivity (Wildman–Crippen MR) is 100 cm³/mol. The van der Waals surface area contributed by atoms with Crippen LogP contribution in [0.1, 0.15) is 18.4 Å². The van der Waals surface area contributed by atoms with E-state index in [-0.39, 0.29) is 12.5 Å². The van der Waals surface area contributed by atoms with Gasteiger partial charge in [0.15, 0.2) is 0 Å². The zero-order valence-corrected chi connectivity index (χ0v) is 15.6. The first-order valence-corrected chi connectivity index (χ1v) is 9.77. The molecule has 2 atom stereocenters. The minimum atomic E-state index is -0.437. The van der Waals surface area contributed by atoms with Crippen molar-refractivity contribution >= 4 is 0 Å². The van der Waals surface area contributed by atoms with Gasteiger partial charge >= 0.3 is 0 Å². The third-order valence-corrected chi connectivity index (χ3v) is 5.34. The molecule has 0 amide bonds. The van der Waals surface area contributed by atoms with Gasteiger partial charge in [0.1, 0.15) is 5.75 Å². The second kappa shape index (κ2) is 10.2. The molecule has 0 radical (unpaired) electrons. The van der Waals surface area contributed by atoms with E-state index in [0.717, 1.165) is 71.1 Å². The minimum Gasteiger partial charge on any atom is -0.494 e. The van der Waals surface area contributed by atoms with Gasteiger partial charge in [0, 0.05) is 45.2 Å². The highest BCUT2D eigenvalue weighted by molar-refractivity contribution is 5.28. The number of nitrogens with zero attached hydrogens (tertiary/aromatic N) is 2. The number of piperidine rings is 1. The SMILES string of the molecule is OC[C@H]1CCN(Cc2cccc(OCCCN3CCOCC3)c2)C[C@H]1O. The van der Waals surface area contributed by atoms with E-state index < -0.39 is 6.10 Å². The molecular formula is C20H32N2O4. The maximum atomic E-state index is 10.1. The minimum absolute atomic E-state index is 0.0207. The first kappa shape index (κ1) is 19.6. The van der Waals surface area contributed by atoms with E-state index in [0.29, 0.717) is 6.54 Å². The van der Waals surface area contributed by atoms with Crippen LogP contribution in [0.4, 0.5) is 0 Å². The Morgan fingerprint density at radius 1 is 1.15 bits per heavy atom. The van der Waals surface area contributed by atoms with E-state index in [1.165, 1.54) is 5.56 Å². The van der Waals surface area contributed by atoms with Crippen LogP contribution >= 0.6 is 0 Å². The van der Waals surface area contributed by atoms with Gasteiger partial charge in [-0.05, 0) is 37.1 Å². The molecule has 0 aliphatic carbocycles. The third-order valence-electron chi connectivity index (χ3n) is 5.34. The van der Waals surface area contributed by atoms with Gasteiger partial charge in [-0.2, -0.15) is 0 Å². The predicted octanol–water partition coefficient (Wildman–Crippen LogP) is 0.963. The molecule has 1 aromatic rings. The van der Waals surface area contributed by atoms with Gasteiger partial charge in [-0.3, -0.25) is 9.80 Å². The molecule has 1 aromatic carbocycles. The number of morpholine rings is 1. The van der Waals surface area contributed by atoms with Crippen molar-refractivity contribution in [3.63, 3.8) is 0 Å². The second-order valence-corrected chi connectivity index (χ2v) is 7.34. The Balaban J connectivity index is 1.40. The van der Waals surface area contributed by atoms with Gasteiger partial charge in [-0.15, -0.1) is 0 Å². The number of hydrogen-bond acceptors (Lipinski definition) is 6. The van der Waals surface area contributed by atoms with Crippen LogP contribution in [0.3, 0.4) is 0 Å². The van der Waals surface area contributed by atoms with Crippen LogP contribution in [0.2, 0.25) is 0 Å². The average molecular weight is 364 g/mol. The maximum absolute atomic E-state index is 10.1. The smallest absolute Gasteiger partial charge is 0.119 e. The van der Waals surface area contributed by atoms with Crippen molar-refractivity contribution in [2.75, 3.05) is 59.2 Å². The first-order chi connectivity index (χ1) is 12.7. The van der Waals surface area contributed by atoms with Crippen molar-refractivity contribution in [3.8, 4) is 5.75 Å². The molecule has 146 valence electrons. The molecule has 2 aliphatic heterocycles. The van der Waals surface area contributed by atoms with Crippen LogP contribution < -0.4 is 4.74 Å². The zero-order valence-electron chi connectivity index (χ0n) is 15.6. The lowest BCUT2D eigenvalue weighted by Gasteiger charge is -2.35. The topological polar surface area (TPSA) is 65.4 Å². The lowest BCUT2D eigenvalue weighted by atomic mass is 9.94. The summed E-state index contributed by atoms with van der Waals surface area (Å²) < 4.78 is 11.3. The fourth-order valence-corrected chi connectivity index (χ4v) is 3.70. The Labute approximate surface area is 156 Å². The summed E-state index contributed by atoms with van der Waals surface area (Å²) in [6.07, 6.45) is 1.42. The largest absolute Gasteiger partial charge is 0.494 e. The fraction of sp³-hybridized carbons (Fsp3) is 0.700. The number of ether oxygens (including phenoxy) is 2. The second-order valence-electron chi connectivity index (χ2n) is 7.34. The zero-order chi connectivity index (χ0) is 18.2. The fourth-order valence-electron chi connectivity index (χ4n) is 3.70. The van der Waals surface area contributed by atoms with Crippen LogP contribution in [-0.2, 0) is 11.3 Å². The molecule has 2 aliphatic rings. The Hall–Kier alpha value is -1.18. The first-order valence-electron chi connectivity index (χ1n) is 9.77. The summed E-state index contributed by atoms with van der Waals surface area (Å²) in [6.45, 7) is 7.91. The van der Waals surface area contributed by atoms with Crippen LogP contribution in [-0.4, -0.2) is 85.3 Å². The highest BCUT2D eigenvalue weighted by Crippen LogP contribution is 2.21. The number of rotatable bonds is 8. The number of likely N-dealkylation sites (tertiary alicyclic amines) is 1. The molecule has 0 bridgehead atoms. The number of aliphatic hydroxyl groups excluding tert-OH is 2. The van der Waals surface area contributed by atoms with Crippen molar-refractivity contribution in [1.82, 2.24) is 9.80 Å². The Bertz CT molecular complexity index is 536. The summed E-state index contributed by atoms with van der Waals surface area (Å²) in [5, 5.41) is 19.3. The molecule has 6 heteroatoms. The van der Waals surface area contributed by atoms with Crippen molar-refractivity contribution < 1.29 is 19.7 Å². The van der Waals surface area contributed by atoms with Crippen molar-refractivity contribution in [2.45, 2.75) is 25.5 Å². The highest BCUT2D eigenvalue weighted by atomic mass is 16.5. The molecule has 2 fully saturated rings. The van der Waals surface area contributed by atoms with Crippen LogP contribution in [0.15, 0.2) is 24.3 Å². The summed E-state index contributed by atoms with van der Waals surface area (Å²) in [5.74, 6) is 0.933. The molecule has 2 heterocycles. The standard InChI is InChI=1S/C20H32N2O4/c23-16-18-5-7-22(15-20(18)24)14-17-3-1-4-19(13-17)26-10-2-6-21-8-11-25-12-9-21/h1,3-4,13,18,20,23-24H,2,5-12,14-16H2/t18-,20-/m1/s1. The Morgan fingerprint density at radius 2 is 2.00 bits per heavy atom. The van der Waals surface area contributed by atoms with Gasteiger partial charge in [-0.1, -0.05) is 12.1 Å². The molecule has 0 saturated carbocycles. The molecule has 0 unspecified atom stereocenters. The number of hydrogen-bond donors (Lipinski definition) is 2. The third kappa shape index (κ3) is 5.93. The van der Waals surface area contributed by atoms with Gasteiger partial charge in [0.25, 0.3) is 0 Å². The highest BCUT2D eigenvalue weighted by Gasteiger charge is 2.26.